The lowest BCUT2D eigenvalue weighted by Gasteiger charge is -2.24. The number of pyridine rings is 1. The predicted molar refractivity (Wildman–Crippen MR) is 109 cm³/mol. The molecule has 1 aromatic heterocycles. The van der Waals surface area contributed by atoms with Crippen molar-refractivity contribution in [3.8, 4) is 11.3 Å². The van der Waals surface area contributed by atoms with Gasteiger partial charge in [-0.2, -0.15) is 0 Å². The van der Waals surface area contributed by atoms with Crippen molar-refractivity contribution < 1.29 is 5.94 Å². The Kier molecular flexibility index (Phi) is 5.32. The van der Waals surface area contributed by atoms with Crippen LogP contribution in [0.1, 0.15) is 72.4 Å². The first-order chi connectivity index (χ1) is 11.9. The van der Waals surface area contributed by atoms with Crippen molar-refractivity contribution in [2.45, 2.75) is 66.7 Å². The molecule has 0 fully saturated rings. The molecule has 0 bridgehead atoms. The Morgan fingerprint density at radius 1 is 0.960 bits per heavy atom. The van der Waals surface area contributed by atoms with Crippen molar-refractivity contribution in [2.24, 2.45) is 18.9 Å². The Morgan fingerprint density at radius 2 is 1.56 bits per heavy atom. The minimum atomic E-state index is -0.571. The highest BCUT2D eigenvalue weighted by Crippen LogP contribution is 2.33. The van der Waals surface area contributed by atoms with Crippen LogP contribution in [0.5, 0.6) is 0 Å². The number of aromatic nitrogens is 1. The van der Waals surface area contributed by atoms with Crippen molar-refractivity contribution in [3.05, 3.63) is 53.2 Å². The standard InChI is InChI=1S/C24H36N/c1-16(2)23(17(3)4)19-11-13-22(25(9)15-19)21-14-20(24(6,7)8)12-10-18(21)5/h10-17,23H,1-9H3/q+1/i23D. The van der Waals surface area contributed by atoms with Crippen LogP contribution in [-0.4, -0.2) is 0 Å². The summed E-state index contributed by atoms with van der Waals surface area (Å²) in [6.07, 6.45) is 2.16. The fourth-order valence-electron chi connectivity index (χ4n) is 3.76. The van der Waals surface area contributed by atoms with Gasteiger partial charge < -0.3 is 0 Å². The van der Waals surface area contributed by atoms with Gasteiger partial charge in [-0.15, -0.1) is 0 Å². The van der Waals surface area contributed by atoms with E-state index < -0.39 is 5.89 Å². The molecule has 1 nitrogen and oxygen atoms in total. The van der Waals surface area contributed by atoms with E-state index in [1.165, 1.54) is 22.4 Å². The van der Waals surface area contributed by atoms with Crippen molar-refractivity contribution in [3.63, 3.8) is 0 Å². The highest BCUT2D eigenvalue weighted by atomic mass is 14.9. The fourth-order valence-corrected chi connectivity index (χ4v) is 3.76. The zero-order valence-electron chi connectivity index (χ0n) is 18.6. The van der Waals surface area contributed by atoms with Crippen molar-refractivity contribution in [2.75, 3.05) is 0 Å². The molecule has 0 saturated carbocycles. The van der Waals surface area contributed by atoms with Crippen LogP contribution in [0.2, 0.25) is 0 Å². The molecule has 0 aliphatic rings. The molecule has 0 N–H and O–H groups in total. The summed E-state index contributed by atoms with van der Waals surface area (Å²) in [6, 6.07) is 11.1. The van der Waals surface area contributed by atoms with E-state index in [-0.39, 0.29) is 17.3 Å². The van der Waals surface area contributed by atoms with E-state index in [4.69, 9.17) is 1.37 Å². The molecule has 0 unspecified atom stereocenters. The molecule has 136 valence electrons. The lowest BCUT2D eigenvalue weighted by atomic mass is 9.80. The van der Waals surface area contributed by atoms with E-state index in [0.717, 1.165) is 5.56 Å². The third kappa shape index (κ3) is 4.32. The van der Waals surface area contributed by atoms with Gasteiger partial charge in [-0.05, 0) is 53.3 Å². The molecule has 0 spiro atoms. The lowest BCUT2D eigenvalue weighted by molar-refractivity contribution is -0.661. The Morgan fingerprint density at radius 3 is 2.04 bits per heavy atom. The molecule has 1 heterocycles. The molecule has 1 aromatic carbocycles. The fraction of sp³-hybridized carbons (Fsp3) is 0.542. The summed E-state index contributed by atoms with van der Waals surface area (Å²) in [4.78, 5) is 0. The smallest absolute Gasteiger partial charge is 0.201 e. The Bertz CT molecular complexity index is 773. The zero-order valence-corrected chi connectivity index (χ0v) is 17.6. The average molecular weight is 340 g/mol. The quantitative estimate of drug-likeness (QED) is 0.586. The summed E-state index contributed by atoms with van der Waals surface area (Å²) in [7, 11) is 2.10. The number of nitrogens with zero attached hydrogens (tertiary/aromatic N) is 1. The predicted octanol–water partition coefficient (Wildman–Crippen LogP) is 6.18. The third-order valence-electron chi connectivity index (χ3n) is 5.09. The van der Waals surface area contributed by atoms with Gasteiger partial charge in [0.2, 0.25) is 5.69 Å². The van der Waals surface area contributed by atoms with Gasteiger partial charge in [0.05, 0.1) is 0 Å². The number of benzene rings is 1. The molecule has 0 atom stereocenters. The minimum absolute atomic E-state index is 0.132. The van der Waals surface area contributed by atoms with E-state index in [9.17, 15) is 0 Å². The molecule has 2 rings (SSSR count). The summed E-state index contributed by atoms with van der Waals surface area (Å²) in [5.41, 5.74) is 6.33. The summed E-state index contributed by atoms with van der Waals surface area (Å²) in [5.74, 6) is -0.0444. The maximum atomic E-state index is 9.09. The second kappa shape index (κ2) is 7.32. The van der Waals surface area contributed by atoms with Crippen molar-refractivity contribution >= 4 is 0 Å². The largest absolute Gasteiger partial charge is 0.212 e. The van der Waals surface area contributed by atoms with Gasteiger partial charge in [0.15, 0.2) is 6.20 Å². The highest BCUT2D eigenvalue weighted by Gasteiger charge is 2.24. The van der Waals surface area contributed by atoms with Gasteiger partial charge in [-0.1, -0.05) is 60.6 Å². The van der Waals surface area contributed by atoms with E-state index in [0.29, 0.717) is 0 Å². The zero-order chi connectivity index (χ0) is 19.9. The van der Waals surface area contributed by atoms with Crippen LogP contribution >= 0.6 is 0 Å². The maximum Gasteiger partial charge on any atom is 0.212 e. The SMILES string of the molecule is [2H]C(c1ccc(-c2cc(C(C)(C)C)ccc2C)[n+](C)c1)(C(C)C)C(C)C. The molecule has 0 amide bonds. The molecule has 0 aliphatic heterocycles. The summed E-state index contributed by atoms with van der Waals surface area (Å²) in [6.45, 7) is 17.5. The van der Waals surface area contributed by atoms with Gasteiger partial charge >= 0.3 is 0 Å². The van der Waals surface area contributed by atoms with Gasteiger partial charge in [0.25, 0.3) is 0 Å². The minimum Gasteiger partial charge on any atom is -0.201 e. The van der Waals surface area contributed by atoms with Gasteiger partial charge in [0.1, 0.15) is 7.05 Å². The van der Waals surface area contributed by atoms with Crippen LogP contribution < -0.4 is 4.57 Å². The topological polar surface area (TPSA) is 3.88 Å². The number of hydrogen-bond acceptors (Lipinski definition) is 0. The Hall–Kier alpha value is -1.63. The molecule has 2 aromatic rings. The van der Waals surface area contributed by atoms with E-state index in [1.807, 2.05) is 0 Å². The molecule has 1 heteroatoms. The molecule has 0 aliphatic carbocycles. The number of hydrogen-bond donors (Lipinski definition) is 0. The second-order valence-electron chi connectivity index (χ2n) is 8.96. The van der Waals surface area contributed by atoms with Crippen LogP contribution in [-0.2, 0) is 12.5 Å². The summed E-state index contributed by atoms with van der Waals surface area (Å²) >= 11 is 0. The Labute approximate surface area is 156 Å². The van der Waals surface area contributed by atoms with Crippen LogP contribution in [0.3, 0.4) is 0 Å². The third-order valence-corrected chi connectivity index (χ3v) is 5.09. The second-order valence-corrected chi connectivity index (χ2v) is 8.96. The van der Waals surface area contributed by atoms with Crippen LogP contribution in [0.4, 0.5) is 0 Å². The van der Waals surface area contributed by atoms with Gasteiger partial charge in [0, 0.05) is 18.6 Å². The normalized spacial score (nSPS) is 13.5. The Balaban J connectivity index is 2.59. The van der Waals surface area contributed by atoms with E-state index >= 15 is 0 Å². The lowest BCUT2D eigenvalue weighted by Crippen LogP contribution is -2.32. The first-order valence-corrected chi connectivity index (χ1v) is 9.50. The van der Waals surface area contributed by atoms with Crippen LogP contribution in [0, 0.1) is 18.8 Å². The number of aryl methyl sites for hydroxylation is 2. The van der Waals surface area contributed by atoms with Crippen molar-refractivity contribution in [1.82, 2.24) is 0 Å². The molecule has 0 saturated heterocycles. The molecule has 25 heavy (non-hydrogen) atoms. The van der Waals surface area contributed by atoms with Gasteiger partial charge in [-0.3, -0.25) is 0 Å². The van der Waals surface area contributed by atoms with E-state index in [1.54, 1.807) is 0 Å². The summed E-state index contributed by atoms with van der Waals surface area (Å²) < 4.78 is 11.3. The molecule has 0 radical (unpaired) electrons. The monoisotopic (exact) mass is 339 g/mol. The average Bonchev–Trinajstić information content (AvgIpc) is 2.53. The molecular weight excluding hydrogens is 302 g/mol. The van der Waals surface area contributed by atoms with E-state index in [2.05, 4.69) is 104 Å². The first kappa shape index (κ1) is 18.2. The number of rotatable bonds is 4. The van der Waals surface area contributed by atoms with Crippen molar-refractivity contribution in [1.29, 1.82) is 0 Å². The first-order valence-electron chi connectivity index (χ1n) is 10.0. The molecular formula is C24H36N+. The van der Waals surface area contributed by atoms with Crippen LogP contribution in [0.25, 0.3) is 11.3 Å². The highest BCUT2D eigenvalue weighted by molar-refractivity contribution is 5.62. The van der Waals surface area contributed by atoms with Crippen LogP contribution in [0.15, 0.2) is 36.5 Å². The maximum absolute atomic E-state index is 9.09. The van der Waals surface area contributed by atoms with Gasteiger partial charge in [-0.25, -0.2) is 4.57 Å². The summed E-state index contributed by atoms with van der Waals surface area (Å²) in [5, 5.41) is 0.